The molecule has 0 spiro atoms. The second kappa shape index (κ2) is 8.38. The fourth-order valence-electron chi connectivity index (χ4n) is 3.15. The summed E-state index contributed by atoms with van der Waals surface area (Å²) in [5.74, 6) is 0. The van der Waals surface area contributed by atoms with Crippen LogP contribution in [0, 0.1) is 20.8 Å². The predicted molar refractivity (Wildman–Crippen MR) is 94.1 cm³/mol. The minimum absolute atomic E-state index is 0.0694. The van der Waals surface area contributed by atoms with Crippen LogP contribution >= 0.6 is 0 Å². The Bertz CT molecular complexity index is 965. The van der Waals surface area contributed by atoms with E-state index in [4.69, 9.17) is 0 Å². The zero-order chi connectivity index (χ0) is 22.1. The molecule has 2 aromatic rings. The Labute approximate surface area is 164 Å². The maximum Gasteiger partial charge on any atom is 0.435 e. The fraction of sp³-hybridized carbons (Fsp3) is 0.625. The zero-order valence-corrected chi connectivity index (χ0v) is 17.1. The van der Waals surface area contributed by atoms with Gasteiger partial charge in [0.15, 0.2) is 5.69 Å². The summed E-state index contributed by atoms with van der Waals surface area (Å²) in [6, 6.07) is 0.456. The van der Waals surface area contributed by atoms with Crippen molar-refractivity contribution in [1.29, 1.82) is 0 Å². The quantitative estimate of drug-likeness (QED) is 0.631. The summed E-state index contributed by atoms with van der Waals surface area (Å²) < 4.78 is 93.3. The van der Waals surface area contributed by atoms with E-state index in [0.717, 1.165) is 6.07 Å². The van der Waals surface area contributed by atoms with E-state index in [0.29, 0.717) is 16.8 Å². The number of nitrogens with zero attached hydrogens (tertiary/aromatic N) is 4. The van der Waals surface area contributed by atoms with Crippen molar-refractivity contribution in [2.45, 2.75) is 64.2 Å². The van der Waals surface area contributed by atoms with Gasteiger partial charge in [0.25, 0.3) is 0 Å². The van der Waals surface area contributed by atoms with E-state index < -0.39 is 34.5 Å². The monoisotopic (exact) mass is 443 g/mol. The Hall–Kier alpha value is -2.02. The minimum atomic E-state index is -4.57. The maximum atomic E-state index is 12.9. The molecule has 0 radical (unpaired) electrons. The number of aryl methyl sites for hydroxylation is 2. The van der Waals surface area contributed by atoms with Crippen LogP contribution in [0.2, 0.25) is 0 Å². The number of hydrogen-bond acceptors (Lipinski definition) is 4. The molecular weight excluding hydrogens is 421 g/mol. The highest BCUT2D eigenvalue weighted by Crippen LogP contribution is 2.30. The Morgan fingerprint density at radius 3 is 2.21 bits per heavy atom. The van der Waals surface area contributed by atoms with Gasteiger partial charge in [-0.3, -0.25) is 4.68 Å². The van der Waals surface area contributed by atoms with Gasteiger partial charge in [-0.25, -0.2) is 17.8 Å². The van der Waals surface area contributed by atoms with Crippen LogP contribution < -0.4 is 4.72 Å². The molecule has 1 unspecified atom stereocenters. The smallest absolute Gasteiger partial charge is 0.266 e. The lowest BCUT2D eigenvalue weighted by molar-refractivity contribution is -0.141. The van der Waals surface area contributed by atoms with Gasteiger partial charge >= 0.3 is 12.7 Å². The molecule has 0 aliphatic rings. The van der Waals surface area contributed by atoms with Crippen LogP contribution in [0.15, 0.2) is 11.0 Å². The molecule has 7 nitrogen and oxygen atoms in total. The number of rotatable bonds is 8. The molecule has 1 atom stereocenters. The van der Waals surface area contributed by atoms with Gasteiger partial charge in [0.2, 0.25) is 10.0 Å². The Kier molecular flexibility index (Phi) is 6.72. The zero-order valence-electron chi connectivity index (χ0n) is 16.3. The normalized spacial score (nSPS) is 14.0. The lowest BCUT2D eigenvalue weighted by Crippen LogP contribution is -2.28. The van der Waals surface area contributed by atoms with Crippen molar-refractivity contribution in [3.63, 3.8) is 0 Å². The summed E-state index contributed by atoms with van der Waals surface area (Å²) in [5.41, 5.74) is -0.980. The largest absolute Gasteiger partial charge is 0.435 e. The van der Waals surface area contributed by atoms with Gasteiger partial charge in [0.1, 0.15) is 4.90 Å². The molecule has 0 bridgehead atoms. The first kappa shape index (κ1) is 23.3. The molecule has 13 heteroatoms. The van der Waals surface area contributed by atoms with Gasteiger partial charge in [-0.05, 0) is 39.7 Å². The highest BCUT2D eigenvalue weighted by Gasteiger charge is 2.35. The third kappa shape index (κ3) is 4.94. The van der Waals surface area contributed by atoms with Crippen LogP contribution in [0.4, 0.5) is 22.0 Å². The first-order valence-electron chi connectivity index (χ1n) is 8.76. The van der Waals surface area contributed by atoms with E-state index >= 15 is 0 Å². The molecule has 2 heterocycles. The van der Waals surface area contributed by atoms with E-state index in [9.17, 15) is 30.4 Å². The number of alkyl halides is 5. The van der Waals surface area contributed by atoms with Gasteiger partial charge in [-0.15, -0.1) is 0 Å². The number of aromatic nitrogens is 4. The Balaban J connectivity index is 2.15. The van der Waals surface area contributed by atoms with Crippen molar-refractivity contribution < 1.29 is 30.4 Å². The SMILES string of the molecule is CCC(CCNS(=O)(=O)c1c(C)nn(C(F)F)c1C)n1nc(C(F)(F)F)cc1C. The van der Waals surface area contributed by atoms with Crippen LogP contribution in [0.3, 0.4) is 0 Å². The van der Waals surface area contributed by atoms with Crippen molar-refractivity contribution in [3.8, 4) is 0 Å². The van der Waals surface area contributed by atoms with E-state index in [1.54, 1.807) is 6.92 Å². The lowest BCUT2D eigenvalue weighted by atomic mass is 10.1. The first-order chi connectivity index (χ1) is 13.3. The van der Waals surface area contributed by atoms with Crippen LogP contribution in [0.25, 0.3) is 0 Å². The lowest BCUT2D eigenvalue weighted by Gasteiger charge is -2.18. The van der Waals surface area contributed by atoms with Gasteiger partial charge < -0.3 is 0 Å². The molecule has 0 fully saturated rings. The second-order valence-corrected chi connectivity index (χ2v) is 8.29. The summed E-state index contributed by atoms with van der Waals surface area (Å²) in [6.45, 7) is 2.67. The number of sulfonamides is 1. The van der Waals surface area contributed by atoms with Crippen molar-refractivity contribution in [2.75, 3.05) is 6.54 Å². The molecule has 0 aliphatic carbocycles. The maximum absolute atomic E-state index is 12.9. The summed E-state index contributed by atoms with van der Waals surface area (Å²) in [5, 5.41) is 7.14. The first-order valence-corrected chi connectivity index (χ1v) is 10.2. The highest BCUT2D eigenvalue weighted by molar-refractivity contribution is 7.89. The van der Waals surface area contributed by atoms with Crippen molar-refractivity contribution >= 4 is 10.0 Å². The molecule has 2 rings (SSSR count). The third-order valence-corrected chi connectivity index (χ3v) is 6.22. The van der Waals surface area contributed by atoms with Crippen molar-refractivity contribution in [1.82, 2.24) is 24.3 Å². The van der Waals surface area contributed by atoms with Crippen LogP contribution in [0.5, 0.6) is 0 Å². The molecule has 0 aromatic carbocycles. The van der Waals surface area contributed by atoms with Crippen LogP contribution in [-0.2, 0) is 16.2 Å². The van der Waals surface area contributed by atoms with E-state index in [1.165, 1.54) is 25.5 Å². The standard InChI is InChI=1S/C16H22F5N5O2S/c1-5-12(25-9(2)8-13(24-25)16(19,20)21)6-7-22-29(27,28)14-10(3)23-26(11(14)4)15(17)18/h8,12,15,22H,5-7H2,1-4H3. The summed E-state index contributed by atoms with van der Waals surface area (Å²) >= 11 is 0. The Morgan fingerprint density at radius 2 is 1.76 bits per heavy atom. The predicted octanol–water partition coefficient (Wildman–Crippen LogP) is 3.74. The molecule has 0 saturated heterocycles. The van der Waals surface area contributed by atoms with Gasteiger partial charge in [-0.2, -0.15) is 32.1 Å². The molecule has 1 N–H and O–H groups in total. The van der Waals surface area contributed by atoms with Gasteiger partial charge in [0, 0.05) is 12.2 Å². The van der Waals surface area contributed by atoms with E-state index in [-0.39, 0.29) is 29.2 Å². The van der Waals surface area contributed by atoms with Crippen molar-refractivity contribution in [2.24, 2.45) is 0 Å². The molecule has 0 saturated carbocycles. The van der Waals surface area contributed by atoms with Crippen LogP contribution in [-0.4, -0.2) is 34.5 Å². The average Bonchev–Trinajstić information content (AvgIpc) is 3.11. The van der Waals surface area contributed by atoms with Gasteiger partial charge in [0.05, 0.1) is 17.4 Å². The van der Waals surface area contributed by atoms with Crippen molar-refractivity contribution in [3.05, 3.63) is 28.8 Å². The number of halogens is 5. The topological polar surface area (TPSA) is 81.8 Å². The third-order valence-electron chi connectivity index (χ3n) is 4.51. The number of nitrogens with one attached hydrogen (secondary N) is 1. The molecule has 2 aromatic heterocycles. The summed E-state index contributed by atoms with van der Waals surface area (Å²) in [6.07, 6.45) is -3.99. The number of hydrogen-bond donors (Lipinski definition) is 1. The summed E-state index contributed by atoms with van der Waals surface area (Å²) in [4.78, 5) is -0.333. The minimum Gasteiger partial charge on any atom is -0.266 e. The fourth-order valence-corrected chi connectivity index (χ4v) is 4.60. The highest BCUT2D eigenvalue weighted by atomic mass is 32.2. The second-order valence-electron chi connectivity index (χ2n) is 6.58. The molecule has 0 aliphatic heterocycles. The van der Waals surface area contributed by atoms with E-state index in [2.05, 4.69) is 14.9 Å². The van der Waals surface area contributed by atoms with Gasteiger partial charge in [-0.1, -0.05) is 6.92 Å². The molecule has 0 amide bonds. The Morgan fingerprint density at radius 1 is 1.14 bits per heavy atom. The molecule has 164 valence electrons. The van der Waals surface area contributed by atoms with Crippen LogP contribution in [0.1, 0.15) is 55.1 Å². The van der Waals surface area contributed by atoms with E-state index in [1.807, 2.05) is 0 Å². The molecule has 29 heavy (non-hydrogen) atoms. The summed E-state index contributed by atoms with van der Waals surface area (Å²) in [7, 11) is -4.12. The molecular formula is C16H22F5N5O2S. The average molecular weight is 443 g/mol.